The molecule has 0 radical (unpaired) electrons. The average Bonchev–Trinajstić information content (AvgIpc) is 3.55. The van der Waals surface area contributed by atoms with E-state index in [1.54, 1.807) is 11.1 Å². The van der Waals surface area contributed by atoms with Gasteiger partial charge in [-0.3, -0.25) is 19.9 Å². The lowest BCUT2D eigenvalue weighted by Crippen LogP contribution is -2.50. The van der Waals surface area contributed by atoms with Crippen LogP contribution in [-0.2, 0) is 17.9 Å². The number of likely N-dealkylation sites (tertiary alicyclic amines) is 1. The molecule has 1 saturated heterocycles. The fraction of sp³-hybridized carbons (Fsp3) is 0.391. The van der Waals surface area contributed by atoms with Gasteiger partial charge in [-0.15, -0.1) is 16.4 Å². The molecule has 0 unspecified atom stereocenters. The van der Waals surface area contributed by atoms with Gasteiger partial charge in [0.25, 0.3) is 11.8 Å². The van der Waals surface area contributed by atoms with Crippen LogP contribution in [0, 0.1) is 0 Å². The van der Waals surface area contributed by atoms with E-state index in [1.165, 1.54) is 16.0 Å². The predicted octanol–water partition coefficient (Wildman–Crippen LogP) is 1.33. The third-order valence-electron chi connectivity index (χ3n) is 6.34. The number of anilines is 1. The van der Waals surface area contributed by atoms with Crippen molar-refractivity contribution >= 4 is 50.1 Å². The van der Waals surface area contributed by atoms with Gasteiger partial charge in [0.1, 0.15) is 28.6 Å². The van der Waals surface area contributed by atoms with Gasteiger partial charge in [-0.2, -0.15) is 0 Å². The summed E-state index contributed by atoms with van der Waals surface area (Å²) in [6.07, 6.45) is 2.36. The number of aliphatic hydroxyl groups is 1. The normalized spacial score (nSPS) is 16.8. The SMILES string of the molecule is CCNC(=O)Nc1sc2ccccc2c1C(=O)N1CCC2(CC1)N=C(Cn1cc(CO)nn1)NC2=O. The number of aliphatic imine (C=N–C) groups is 1. The van der Waals surface area contributed by atoms with Crippen LogP contribution in [0.25, 0.3) is 10.1 Å². The van der Waals surface area contributed by atoms with E-state index >= 15 is 0 Å². The van der Waals surface area contributed by atoms with E-state index in [0.29, 0.717) is 54.6 Å². The zero-order valence-electron chi connectivity index (χ0n) is 19.7. The Labute approximate surface area is 210 Å². The summed E-state index contributed by atoms with van der Waals surface area (Å²) < 4.78 is 2.41. The smallest absolute Gasteiger partial charge is 0.319 e. The first-order chi connectivity index (χ1) is 17.4. The number of aromatic nitrogens is 3. The molecule has 4 amide bonds. The number of benzene rings is 1. The first-order valence-corrected chi connectivity index (χ1v) is 12.5. The van der Waals surface area contributed by atoms with Crippen molar-refractivity contribution in [2.24, 2.45) is 4.99 Å². The Bertz CT molecular complexity index is 1360. The van der Waals surface area contributed by atoms with E-state index in [4.69, 9.17) is 5.11 Å². The van der Waals surface area contributed by atoms with Crippen LogP contribution in [0.3, 0.4) is 0 Å². The molecule has 13 heteroatoms. The lowest BCUT2D eigenvalue weighted by molar-refractivity contribution is -0.125. The molecular weight excluding hydrogens is 484 g/mol. The summed E-state index contributed by atoms with van der Waals surface area (Å²) in [7, 11) is 0. The Balaban J connectivity index is 1.32. The van der Waals surface area contributed by atoms with Crippen molar-refractivity contribution in [1.29, 1.82) is 0 Å². The maximum atomic E-state index is 13.6. The third kappa shape index (κ3) is 4.42. The zero-order valence-corrected chi connectivity index (χ0v) is 20.5. The lowest BCUT2D eigenvalue weighted by Gasteiger charge is -2.35. The Hall–Kier alpha value is -3.84. The minimum atomic E-state index is -0.925. The van der Waals surface area contributed by atoms with Crippen LogP contribution in [-0.4, -0.2) is 73.9 Å². The second-order valence-electron chi connectivity index (χ2n) is 8.69. The van der Waals surface area contributed by atoms with Gasteiger partial charge < -0.3 is 20.6 Å². The van der Waals surface area contributed by atoms with Crippen molar-refractivity contribution in [1.82, 2.24) is 30.5 Å². The quantitative estimate of drug-likeness (QED) is 0.392. The number of nitrogens with one attached hydrogen (secondary N) is 3. The highest BCUT2D eigenvalue weighted by molar-refractivity contribution is 7.23. The number of amides is 4. The maximum absolute atomic E-state index is 13.6. The molecular formula is C23H26N8O4S. The Morgan fingerprint density at radius 3 is 2.75 bits per heavy atom. The van der Waals surface area contributed by atoms with Crippen LogP contribution in [0.4, 0.5) is 9.80 Å². The molecule has 2 aliphatic rings. The molecule has 1 fully saturated rings. The number of nitrogens with zero attached hydrogens (tertiary/aromatic N) is 5. The molecule has 4 N–H and O–H groups in total. The second-order valence-corrected chi connectivity index (χ2v) is 9.74. The van der Waals surface area contributed by atoms with Crippen LogP contribution in [0.5, 0.6) is 0 Å². The molecule has 0 aliphatic carbocycles. The zero-order chi connectivity index (χ0) is 25.3. The van der Waals surface area contributed by atoms with E-state index in [9.17, 15) is 14.4 Å². The number of hydrogen-bond donors (Lipinski definition) is 4. The standard InChI is InChI=1S/C23H26N8O4S/c1-2-24-22(35)26-19-18(15-5-3-4-6-16(15)36-19)20(33)30-9-7-23(8-10-30)21(34)25-17(27-23)12-31-11-14(13-32)28-29-31/h3-6,11,32H,2,7-10,12-13H2,1H3,(H2,24,26,35)(H,25,27,34). The highest BCUT2D eigenvalue weighted by Crippen LogP contribution is 2.38. The number of carbonyl (C=O) groups excluding carboxylic acids is 3. The van der Waals surface area contributed by atoms with E-state index in [1.807, 2.05) is 31.2 Å². The molecule has 2 aliphatic heterocycles. The van der Waals surface area contributed by atoms with Gasteiger partial charge in [-0.25, -0.2) is 9.48 Å². The van der Waals surface area contributed by atoms with Crippen molar-refractivity contribution in [2.75, 3.05) is 25.0 Å². The first kappa shape index (κ1) is 23.9. The summed E-state index contributed by atoms with van der Waals surface area (Å²) >= 11 is 1.36. The number of urea groups is 1. The van der Waals surface area contributed by atoms with E-state index in [0.717, 1.165) is 10.1 Å². The monoisotopic (exact) mass is 510 g/mol. The molecule has 2 aromatic heterocycles. The second kappa shape index (κ2) is 9.66. The number of hydrogen-bond acceptors (Lipinski definition) is 8. The molecule has 188 valence electrons. The largest absolute Gasteiger partial charge is 0.390 e. The summed E-state index contributed by atoms with van der Waals surface area (Å²) in [5.74, 6) is 0.106. The highest BCUT2D eigenvalue weighted by Gasteiger charge is 2.46. The number of piperidine rings is 1. The first-order valence-electron chi connectivity index (χ1n) is 11.7. The van der Waals surface area contributed by atoms with Gasteiger partial charge in [0.2, 0.25) is 0 Å². The third-order valence-corrected chi connectivity index (χ3v) is 7.43. The summed E-state index contributed by atoms with van der Waals surface area (Å²) in [6, 6.07) is 7.19. The van der Waals surface area contributed by atoms with E-state index in [-0.39, 0.29) is 31.0 Å². The van der Waals surface area contributed by atoms with Crippen LogP contribution in [0.2, 0.25) is 0 Å². The number of aliphatic hydroxyl groups excluding tert-OH is 1. The number of thiophene rings is 1. The lowest BCUT2D eigenvalue weighted by atomic mass is 9.87. The molecule has 12 nitrogen and oxygen atoms in total. The molecule has 5 rings (SSSR count). The molecule has 0 bridgehead atoms. The number of carbonyl (C=O) groups is 3. The summed E-state index contributed by atoms with van der Waals surface area (Å²) in [6.45, 7) is 3.02. The van der Waals surface area contributed by atoms with Gasteiger partial charge in [0.15, 0.2) is 0 Å². The number of fused-ring (bicyclic) bond motifs is 1. The van der Waals surface area contributed by atoms with Gasteiger partial charge in [0, 0.05) is 29.7 Å². The summed E-state index contributed by atoms with van der Waals surface area (Å²) in [5.41, 5.74) is -0.0297. The minimum Gasteiger partial charge on any atom is -0.390 e. The molecule has 36 heavy (non-hydrogen) atoms. The Morgan fingerprint density at radius 1 is 1.25 bits per heavy atom. The van der Waals surface area contributed by atoms with Gasteiger partial charge in [-0.05, 0) is 25.8 Å². The van der Waals surface area contributed by atoms with Gasteiger partial charge in [-0.1, -0.05) is 23.4 Å². The molecule has 1 aromatic carbocycles. The number of rotatable bonds is 6. The fourth-order valence-electron chi connectivity index (χ4n) is 4.53. The van der Waals surface area contributed by atoms with Crippen LogP contribution in [0.15, 0.2) is 35.5 Å². The van der Waals surface area contributed by atoms with Crippen molar-refractivity contribution in [2.45, 2.75) is 38.5 Å². The fourth-order valence-corrected chi connectivity index (χ4v) is 5.62. The van der Waals surface area contributed by atoms with Crippen molar-refractivity contribution in [3.8, 4) is 0 Å². The predicted molar refractivity (Wildman–Crippen MR) is 134 cm³/mol. The van der Waals surface area contributed by atoms with Crippen molar-refractivity contribution in [3.63, 3.8) is 0 Å². The van der Waals surface area contributed by atoms with Crippen LogP contribution < -0.4 is 16.0 Å². The van der Waals surface area contributed by atoms with E-state index in [2.05, 4.69) is 31.3 Å². The van der Waals surface area contributed by atoms with Crippen molar-refractivity contribution in [3.05, 3.63) is 41.7 Å². The van der Waals surface area contributed by atoms with Crippen molar-refractivity contribution < 1.29 is 19.5 Å². The summed E-state index contributed by atoms with van der Waals surface area (Å²) in [5, 5.41) is 26.6. The highest BCUT2D eigenvalue weighted by atomic mass is 32.1. The van der Waals surface area contributed by atoms with Crippen LogP contribution >= 0.6 is 11.3 Å². The van der Waals surface area contributed by atoms with Crippen LogP contribution in [0.1, 0.15) is 35.8 Å². The number of amidine groups is 1. The summed E-state index contributed by atoms with van der Waals surface area (Å²) in [4.78, 5) is 45.1. The minimum absolute atomic E-state index is 0.184. The molecule has 0 atom stereocenters. The molecule has 1 spiro atoms. The molecule has 0 saturated carbocycles. The Morgan fingerprint density at radius 2 is 2.03 bits per heavy atom. The van der Waals surface area contributed by atoms with E-state index < -0.39 is 5.54 Å². The van der Waals surface area contributed by atoms with Gasteiger partial charge >= 0.3 is 6.03 Å². The topological polar surface area (TPSA) is 154 Å². The van der Waals surface area contributed by atoms with Gasteiger partial charge in [0.05, 0.1) is 18.4 Å². The Kier molecular flexibility index (Phi) is 6.41. The molecule has 3 aromatic rings. The molecule has 4 heterocycles. The maximum Gasteiger partial charge on any atom is 0.319 e. The average molecular weight is 511 g/mol.